The smallest absolute Gasteiger partial charge is 0.159 e. The van der Waals surface area contributed by atoms with E-state index in [9.17, 15) is 10.2 Å². The van der Waals surface area contributed by atoms with Crippen molar-refractivity contribution in [3.63, 3.8) is 0 Å². The zero-order valence-corrected chi connectivity index (χ0v) is 36.3. The molecule has 0 bridgehead atoms. The van der Waals surface area contributed by atoms with Gasteiger partial charge in [0, 0.05) is 23.9 Å². The average molecular weight is 823 g/mol. The van der Waals surface area contributed by atoms with Gasteiger partial charge in [0.1, 0.15) is 33.9 Å². The number of pyridine rings is 2. The molecule has 0 saturated carbocycles. The standard InChI is InChI=1S/C49H54N6O2S2/c1-5-25-58-27-9-11-36-17-15-34-19-21-38(50-44(34)46(36)56)48-52-40-30-32(13-23-42(40)54(48)7-3)29-33-14-24-43-41(31-33)53-49(55(43)8-4)39-22-20-35-16-18-37(47(57)45(35)51-39)12-10-28-59-26-6-2/h13-24,30-31,56-57H,5-12,25-29H2,1-4H3. The fourth-order valence-electron chi connectivity index (χ4n) is 8.14. The molecule has 0 unspecified atom stereocenters. The summed E-state index contributed by atoms with van der Waals surface area (Å²) in [5, 5.41) is 24.5. The molecule has 59 heavy (non-hydrogen) atoms. The molecule has 8 rings (SSSR count). The molecule has 8 nitrogen and oxygen atoms in total. The minimum Gasteiger partial charge on any atom is -0.505 e. The van der Waals surface area contributed by atoms with Crippen molar-refractivity contribution in [1.82, 2.24) is 29.1 Å². The Labute approximate surface area is 355 Å². The van der Waals surface area contributed by atoms with Gasteiger partial charge in [0.25, 0.3) is 0 Å². The number of aromatic hydroxyl groups is 2. The molecule has 2 N–H and O–H groups in total. The molecule has 0 amide bonds. The first-order chi connectivity index (χ1) is 28.9. The van der Waals surface area contributed by atoms with Gasteiger partial charge in [-0.15, -0.1) is 0 Å². The van der Waals surface area contributed by atoms with E-state index in [2.05, 4.69) is 85.4 Å². The van der Waals surface area contributed by atoms with Crippen LogP contribution in [0.25, 0.3) is 66.9 Å². The number of thioether (sulfide) groups is 2. The van der Waals surface area contributed by atoms with Gasteiger partial charge in [-0.05, 0) is 140 Å². The highest BCUT2D eigenvalue weighted by molar-refractivity contribution is 7.99. The van der Waals surface area contributed by atoms with Crippen LogP contribution in [0.15, 0.2) is 84.9 Å². The number of nitrogens with zero attached hydrogens (tertiary/aromatic N) is 6. The first kappa shape index (κ1) is 40.7. The normalized spacial score (nSPS) is 11.9. The number of phenols is 2. The number of aryl methyl sites for hydroxylation is 4. The maximum atomic E-state index is 11.3. The minimum atomic E-state index is 0.281. The minimum absolute atomic E-state index is 0.281. The van der Waals surface area contributed by atoms with Crippen molar-refractivity contribution >= 4 is 67.4 Å². The molecule has 0 radical (unpaired) electrons. The fraction of sp³-hybridized carbons (Fsp3) is 0.347. The number of imidazole rings is 2. The lowest BCUT2D eigenvalue weighted by Gasteiger charge is -2.10. The second-order valence-electron chi connectivity index (χ2n) is 15.3. The van der Waals surface area contributed by atoms with E-state index in [1.54, 1.807) is 0 Å². The van der Waals surface area contributed by atoms with Crippen LogP contribution in [0.3, 0.4) is 0 Å². The summed E-state index contributed by atoms with van der Waals surface area (Å²) in [6.45, 7) is 10.2. The third-order valence-electron chi connectivity index (χ3n) is 11.1. The molecule has 0 saturated heterocycles. The second kappa shape index (κ2) is 18.5. The van der Waals surface area contributed by atoms with Gasteiger partial charge < -0.3 is 19.3 Å². The van der Waals surface area contributed by atoms with E-state index >= 15 is 0 Å². The molecule has 0 aliphatic rings. The Hall–Kier alpha value is -5.06. The highest BCUT2D eigenvalue weighted by Gasteiger charge is 2.18. The van der Waals surface area contributed by atoms with E-state index in [0.717, 1.165) is 135 Å². The van der Waals surface area contributed by atoms with Gasteiger partial charge >= 0.3 is 0 Å². The molecule has 0 aliphatic carbocycles. The average Bonchev–Trinajstić information content (AvgIpc) is 3.82. The third-order valence-corrected chi connectivity index (χ3v) is 13.7. The quantitative estimate of drug-likeness (QED) is 0.0825. The van der Waals surface area contributed by atoms with Crippen LogP contribution in [-0.4, -0.2) is 62.3 Å². The molecule has 0 spiro atoms. The first-order valence-corrected chi connectivity index (χ1v) is 23.6. The van der Waals surface area contributed by atoms with Crippen molar-refractivity contribution < 1.29 is 10.2 Å². The summed E-state index contributed by atoms with van der Waals surface area (Å²) >= 11 is 3.95. The highest BCUT2D eigenvalue weighted by atomic mass is 32.2. The van der Waals surface area contributed by atoms with E-state index < -0.39 is 0 Å². The summed E-state index contributed by atoms with van der Waals surface area (Å²) in [5.74, 6) is 6.70. The zero-order valence-electron chi connectivity index (χ0n) is 34.7. The Bertz CT molecular complexity index is 2570. The number of rotatable bonds is 18. The maximum absolute atomic E-state index is 11.3. The van der Waals surface area contributed by atoms with Crippen molar-refractivity contribution in [1.29, 1.82) is 0 Å². The van der Waals surface area contributed by atoms with Gasteiger partial charge in [-0.1, -0.05) is 62.4 Å². The Kier molecular flexibility index (Phi) is 12.7. The van der Waals surface area contributed by atoms with Crippen LogP contribution in [-0.2, 0) is 32.4 Å². The lowest BCUT2D eigenvalue weighted by Crippen LogP contribution is -2.00. The van der Waals surface area contributed by atoms with Crippen LogP contribution in [0, 0.1) is 0 Å². The van der Waals surface area contributed by atoms with E-state index in [1.165, 1.54) is 24.3 Å². The zero-order chi connectivity index (χ0) is 40.9. The number of hydrogen-bond acceptors (Lipinski definition) is 8. The van der Waals surface area contributed by atoms with Gasteiger partial charge in [-0.2, -0.15) is 23.5 Å². The predicted molar refractivity (Wildman–Crippen MR) is 250 cm³/mol. The van der Waals surface area contributed by atoms with Crippen molar-refractivity contribution in [2.75, 3.05) is 23.0 Å². The molecule has 0 aliphatic heterocycles. The molecular formula is C49H54N6O2S2. The third kappa shape index (κ3) is 8.53. The Morgan fingerprint density at radius 1 is 0.508 bits per heavy atom. The molecule has 0 fully saturated rings. The topological polar surface area (TPSA) is 102 Å². The second-order valence-corrected chi connectivity index (χ2v) is 17.7. The summed E-state index contributed by atoms with van der Waals surface area (Å²) in [5.41, 5.74) is 11.0. The number of aromatic nitrogens is 6. The summed E-state index contributed by atoms with van der Waals surface area (Å²) < 4.78 is 4.42. The van der Waals surface area contributed by atoms with Crippen molar-refractivity contribution in [3.05, 3.63) is 107 Å². The van der Waals surface area contributed by atoms with Gasteiger partial charge in [0.05, 0.1) is 22.1 Å². The van der Waals surface area contributed by atoms with Crippen LogP contribution in [0.5, 0.6) is 11.5 Å². The Balaban J connectivity index is 1.05. The van der Waals surface area contributed by atoms with Crippen LogP contribution in [0.4, 0.5) is 0 Å². The van der Waals surface area contributed by atoms with Crippen molar-refractivity contribution in [2.45, 2.75) is 85.7 Å². The summed E-state index contributed by atoms with van der Waals surface area (Å²) in [7, 11) is 0. The number of phenolic OH excluding ortho intramolecular Hbond substituents is 2. The number of benzene rings is 4. The van der Waals surface area contributed by atoms with E-state index in [4.69, 9.17) is 19.9 Å². The molecule has 304 valence electrons. The molecule has 4 aromatic heterocycles. The molecule has 4 heterocycles. The van der Waals surface area contributed by atoms with Gasteiger partial charge in [-0.25, -0.2) is 19.9 Å². The SMILES string of the molecule is CCCSCCCc1ccc2ccc(-c3nc4cc(Cc5ccc6c(c5)nc(-c5ccc7ccc(CCCSCCC)c(O)c7n5)n6CC)ccc4n3CC)nc2c1O. The van der Waals surface area contributed by atoms with Crippen LogP contribution in [0.2, 0.25) is 0 Å². The summed E-state index contributed by atoms with van der Waals surface area (Å²) in [6, 6.07) is 29.4. The Morgan fingerprint density at radius 2 is 0.949 bits per heavy atom. The van der Waals surface area contributed by atoms with E-state index in [-0.39, 0.29) is 11.5 Å². The summed E-state index contributed by atoms with van der Waals surface area (Å²) in [4.78, 5) is 20.3. The van der Waals surface area contributed by atoms with Gasteiger partial charge in [0.15, 0.2) is 11.6 Å². The lowest BCUT2D eigenvalue weighted by atomic mass is 10.0. The van der Waals surface area contributed by atoms with Crippen LogP contribution in [0.1, 0.15) is 75.6 Å². The monoisotopic (exact) mass is 822 g/mol. The van der Waals surface area contributed by atoms with Crippen LogP contribution < -0.4 is 0 Å². The van der Waals surface area contributed by atoms with Crippen molar-refractivity contribution in [2.24, 2.45) is 0 Å². The lowest BCUT2D eigenvalue weighted by molar-refractivity contribution is 0.472. The largest absolute Gasteiger partial charge is 0.505 e. The van der Waals surface area contributed by atoms with E-state index in [0.29, 0.717) is 11.0 Å². The number of fused-ring (bicyclic) bond motifs is 4. The summed E-state index contributed by atoms with van der Waals surface area (Å²) in [6.07, 6.45) is 6.84. The van der Waals surface area contributed by atoms with Gasteiger partial charge in [-0.3, -0.25) is 0 Å². The molecule has 8 aromatic rings. The predicted octanol–water partition coefficient (Wildman–Crippen LogP) is 12.0. The molecule has 4 aromatic carbocycles. The highest BCUT2D eigenvalue weighted by Crippen LogP contribution is 2.34. The first-order valence-electron chi connectivity index (χ1n) is 21.3. The number of hydrogen-bond donors (Lipinski definition) is 2. The molecular weight excluding hydrogens is 769 g/mol. The molecule has 0 atom stereocenters. The van der Waals surface area contributed by atoms with E-state index in [1.807, 2.05) is 59.9 Å². The van der Waals surface area contributed by atoms with Crippen LogP contribution >= 0.6 is 23.5 Å². The fourth-order valence-corrected chi connectivity index (χ4v) is 9.83. The van der Waals surface area contributed by atoms with Crippen molar-refractivity contribution in [3.8, 4) is 34.5 Å². The maximum Gasteiger partial charge on any atom is 0.159 e. The molecule has 10 heteroatoms. The Morgan fingerprint density at radius 3 is 1.37 bits per heavy atom. The van der Waals surface area contributed by atoms with Gasteiger partial charge in [0.2, 0.25) is 0 Å².